The van der Waals surface area contributed by atoms with Crippen LogP contribution in [0.1, 0.15) is 11.4 Å². The Balaban J connectivity index is 2.30. The third kappa shape index (κ3) is 1.54. The van der Waals surface area contributed by atoms with Crippen molar-refractivity contribution in [2.75, 3.05) is 0 Å². The highest BCUT2D eigenvalue weighted by molar-refractivity contribution is 5.75. The second-order valence-corrected chi connectivity index (χ2v) is 4.00. The zero-order valence-electron chi connectivity index (χ0n) is 9.83. The molecule has 86 valence electrons. The molecule has 0 spiro atoms. The lowest BCUT2D eigenvalue weighted by atomic mass is 10.3. The zero-order valence-corrected chi connectivity index (χ0v) is 9.83. The summed E-state index contributed by atoms with van der Waals surface area (Å²) in [6.45, 7) is 1.90. The van der Waals surface area contributed by atoms with E-state index in [-0.39, 0.29) is 0 Å². The molecule has 0 radical (unpaired) electrons. The zero-order chi connectivity index (χ0) is 12.5. The van der Waals surface area contributed by atoms with Gasteiger partial charge in [-0.05, 0) is 31.2 Å². The summed E-state index contributed by atoms with van der Waals surface area (Å²) in [5.41, 5.74) is 3.06. The van der Waals surface area contributed by atoms with Crippen LogP contribution in [0.3, 0.4) is 0 Å². The lowest BCUT2D eigenvalue weighted by Crippen LogP contribution is -2.03. The molecule has 18 heavy (non-hydrogen) atoms. The van der Waals surface area contributed by atoms with Crippen LogP contribution in [0.25, 0.3) is 16.9 Å². The number of aromatic nitrogens is 3. The van der Waals surface area contributed by atoms with Crippen molar-refractivity contribution in [3.63, 3.8) is 0 Å². The monoisotopic (exact) mass is 234 g/mol. The van der Waals surface area contributed by atoms with Gasteiger partial charge in [0.2, 0.25) is 0 Å². The van der Waals surface area contributed by atoms with Gasteiger partial charge in [-0.25, -0.2) is 9.97 Å². The minimum atomic E-state index is 0.558. The van der Waals surface area contributed by atoms with Gasteiger partial charge in [0.1, 0.15) is 11.8 Å². The van der Waals surface area contributed by atoms with Crippen molar-refractivity contribution in [2.45, 2.75) is 6.92 Å². The summed E-state index contributed by atoms with van der Waals surface area (Å²) in [5, 5.41) is 9.05. The summed E-state index contributed by atoms with van der Waals surface area (Å²) in [7, 11) is 0. The van der Waals surface area contributed by atoms with Gasteiger partial charge in [0.15, 0.2) is 5.82 Å². The number of nitriles is 1. The first-order valence-corrected chi connectivity index (χ1v) is 5.61. The molecule has 3 rings (SSSR count). The molecule has 0 atom stereocenters. The van der Waals surface area contributed by atoms with Gasteiger partial charge in [0.05, 0.1) is 16.7 Å². The lowest BCUT2D eigenvalue weighted by Gasteiger charge is -2.08. The van der Waals surface area contributed by atoms with Crippen LogP contribution in [0.15, 0.2) is 42.6 Å². The minimum Gasteiger partial charge on any atom is -0.291 e. The number of benzene rings is 1. The number of hydrogen-bond donors (Lipinski definition) is 0. The highest BCUT2D eigenvalue weighted by Gasteiger charge is 2.09. The Bertz CT molecular complexity index is 765. The predicted octanol–water partition coefficient (Wildman–Crippen LogP) is 2.60. The van der Waals surface area contributed by atoms with Crippen LogP contribution in [-0.2, 0) is 0 Å². The van der Waals surface area contributed by atoms with Crippen molar-refractivity contribution in [1.82, 2.24) is 14.5 Å². The molecule has 0 unspecified atom stereocenters. The maximum absolute atomic E-state index is 9.05. The van der Waals surface area contributed by atoms with Crippen LogP contribution < -0.4 is 0 Å². The molecule has 0 saturated carbocycles. The summed E-state index contributed by atoms with van der Waals surface area (Å²) in [5.74, 6) is 0.704. The molecule has 0 bridgehead atoms. The van der Waals surface area contributed by atoms with Gasteiger partial charge in [0, 0.05) is 6.20 Å². The second-order valence-electron chi connectivity index (χ2n) is 4.00. The maximum Gasteiger partial charge on any atom is 0.159 e. The topological polar surface area (TPSA) is 54.5 Å². The molecule has 0 aliphatic heterocycles. The van der Waals surface area contributed by atoms with Gasteiger partial charge < -0.3 is 0 Å². The molecular weight excluding hydrogens is 224 g/mol. The van der Waals surface area contributed by atoms with E-state index in [0.29, 0.717) is 11.5 Å². The Morgan fingerprint density at radius 3 is 2.50 bits per heavy atom. The molecule has 0 fully saturated rings. The third-order valence-electron chi connectivity index (χ3n) is 2.81. The van der Waals surface area contributed by atoms with E-state index in [1.807, 2.05) is 43.5 Å². The summed E-state index contributed by atoms with van der Waals surface area (Å²) >= 11 is 0. The van der Waals surface area contributed by atoms with Crippen LogP contribution in [-0.4, -0.2) is 14.5 Å². The van der Waals surface area contributed by atoms with Crippen molar-refractivity contribution in [3.05, 3.63) is 54.0 Å². The first kappa shape index (κ1) is 10.5. The van der Waals surface area contributed by atoms with Crippen LogP contribution in [0, 0.1) is 18.3 Å². The van der Waals surface area contributed by atoms with Crippen molar-refractivity contribution >= 4 is 11.0 Å². The van der Waals surface area contributed by atoms with Crippen LogP contribution in [0.5, 0.6) is 0 Å². The molecular formula is C14H10N4. The largest absolute Gasteiger partial charge is 0.291 e. The van der Waals surface area contributed by atoms with Crippen molar-refractivity contribution in [1.29, 1.82) is 5.26 Å². The number of hydrogen-bond acceptors (Lipinski definition) is 3. The van der Waals surface area contributed by atoms with E-state index < -0.39 is 0 Å². The van der Waals surface area contributed by atoms with Crippen molar-refractivity contribution < 1.29 is 0 Å². The molecule has 3 aromatic rings. The molecule has 0 aliphatic rings. The maximum atomic E-state index is 9.05. The lowest BCUT2D eigenvalue weighted by molar-refractivity contribution is 0.959. The molecule has 0 amide bonds. The quantitative estimate of drug-likeness (QED) is 0.650. The molecule has 4 heteroatoms. The summed E-state index contributed by atoms with van der Waals surface area (Å²) < 4.78 is 1.76. The normalized spacial score (nSPS) is 10.4. The van der Waals surface area contributed by atoms with E-state index in [4.69, 9.17) is 5.26 Å². The Morgan fingerprint density at radius 1 is 1.06 bits per heavy atom. The molecule has 4 nitrogen and oxygen atoms in total. The Labute approximate surface area is 104 Å². The van der Waals surface area contributed by atoms with Gasteiger partial charge in [0.25, 0.3) is 0 Å². The number of fused-ring (bicyclic) bond motifs is 1. The molecule has 0 saturated heterocycles. The minimum absolute atomic E-state index is 0.558. The van der Waals surface area contributed by atoms with Gasteiger partial charge in [-0.1, -0.05) is 12.1 Å². The van der Waals surface area contributed by atoms with Crippen molar-refractivity contribution in [2.24, 2.45) is 0 Å². The molecule has 0 aliphatic carbocycles. The Morgan fingerprint density at radius 2 is 1.78 bits per heavy atom. The van der Waals surface area contributed by atoms with Gasteiger partial charge in [-0.15, -0.1) is 0 Å². The standard InChI is InChI=1S/C14H10N4/c1-10-14(18-8-4-5-11(18)9-15)17-13-7-3-2-6-12(13)16-10/h2-8H,1H3. The van der Waals surface area contributed by atoms with E-state index in [1.165, 1.54) is 0 Å². The molecule has 2 aromatic heterocycles. The molecule has 1 aromatic carbocycles. The third-order valence-corrected chi connectivity index (χ3v) is 2.81. The number of aryl methyl sites for hydroxylation is 1. The van der Waals surface area contributed by atoms with Crippen molar-refractivity contribution in [3.8, 4) is 11.9 Å². The fourth-order valence-electron chi connectivity index (χ4n) is 1.96. The summed E-state index contributed by atoms with van der Waals surface area (Å²) in [6.07, 6.45) is 1.82. The fourth-order valence-corrected chi connectivity index (χ4v) is 1.96. The Hall–Kier alpha value is -2.67. The predicted molar refractivity (Wildman–Crippen MR) is 68.3 cm³/mol. The van der Waals surface area contributed by atoms with Crippen LogP contribution in [0.4, 0.5) is 0 Å². The van der Waals surface area contributed by atoms with Gasteiger partial charge >= 0.3 is 0 Å². The highest BCUT2D eigenvalue weighted by atomic mass is 15.1. The van der Waals surface area contributed by atoms with E-state index in [1.54, 1.807) is 10.6 Å². The SMILES string of the molecule is Cc1nc2ccccc2nc1-n1cccc1C#N. The van der Waals surface area contributed by atoms with E-state index in [0.717, 1.165) is 16.7 Å². The van der Waals surface area contributed by atoms with Gasteiger partial charge in [-0.3, -0.25) is 4.57 Å². The molecule has 2 heterocycles. The fraction of sp³-hybridized carbons (Fsp3) is 0.0714. The highest BCUT2D eigenvalue weighted by Crippen LogP contribution is 2.17. The smallest absolute Gasteiger partial charge is 0.159 e. The number of para-hydroxylation sites is 2. The molecule has 0 N–H and O–H groups in total. The average Bonchev–Trinajstić information content (AvgIpc) is 2.86. The summed E-state index contributed by atoms with van der Waals surface area (Å²) in [6, 6.07) is 13.4. The first-order chi connectivity index (χ1) is 8.79. The first-order valence-electron chi connectivity index (χ1n) is 5.61. The number of nitrogens with zero attached hydrogens (tertiary/aromatic N) is 4. The second kappa shape index (κ2) is 3.97. The average molecular weight is 234 g/mol. The van der Waals surface area contributed by atoms with E-state index >= 15 is 0 Å². The van der Waals surface area contributed by atoms with Crippen LogP contribution >= 0.6 is 0 Å². The van der Waals surface area contributed by atoms with Crippen LogP contribution in [0.2, 0.25) is 0 Å². The van der Waals surface area contributed by atoms with E-state index in [2.05, 4.69) is 16.0 Å². The van der Waals surface area contributed by atoms with Gasteiger partial charge in [-0.2, -0.15) is 5.26 Å². The summed E-state index contributed by atoms with van der Waals surface area (Å²) in [4.78, 5) is 9.09. The van der Waals surface area contributed by atoms with E-state index in [9.17, 15) is 0 Å². The Kier molecular flexibility index (Phi) is 2.31. The number of rotatable bonds is 1.